The van der Waals surface area contributed by atoms with Gasteiger partial charge in [0.25, 0.3) is 0 Å². The maximum Gasteiger partial charge on any atom is 0.324 e. The molecule has 0 saturated carbocycles. The molecule has 0 saturated heterocycles. The summed E-state index contributed by atoms with van der Waals surface area (Å²) in [6, 6.07) is 10.6. The Labute approximate surface area is 130 Å². The van der Waals surface area contributed by atoms with Crippen LogP contribution < -0.4 is 10.6 Å². The quantitative estimate of drug-likeness (QED) is 0.866. The van der Waals surface area contributed by atoms with Gasteiger partial charge in [-0.05, 0) is 35.9 Å². The fraction of sp³-hybridized carbons (Fsp3) is 0. The average molecular weight is 353 g/mol. The Hall–Kier alpha value is -1.85. The van der Waals surface area contributed by atoms with E-state index in [1.54, 1.807) is 24.4 Å². The van der Waals surface area contributed by atoms with Crippen LogP contribution in [0, 0.1) is 0 Å². The minimum absolute atomic E-state index is 0.369. The van der Waals surface area contributed by atoms with Crippen molar-refractivity contribution in [2.45, 2.75) is 0 Å². The predicted octanol–water partition coefficient (Wildman–Crippen LogP) is 4.29. The second-order valence-electron chi connectivity index (χ2n) is 3.85. The van der Waals surface area contributed by atoms with E-state index in [4.69, 9.17) is 11.6 Å². The second-order valence-corrected chi connectivity index (χ2v) is 5.20. The molecule has 0 fully saturated rings. The van der Waals surface area contributed by atoms with E-state index in [0.717, 1.165) is 10.0 Å². The Balaban J connectivity index is 1.87. The molecule has 1 heterocycles. The number of hydrogen-bond acceptors (Lipinski definition) is 2. The van der Waals surface area contributed by atoms with E-state index in [1.165, 1.54) is 6.20 Å². The lowest BCUT2D eigenvalue weighted by molar-refractivity contribution is 0.255. The molecule has 6 heteroatoms. The van der Waals surface area contributed by atoms with Crippen molar-refractivity contribution in [2.24, 2.45) is 0 Å². The van der Waals surface area contributed by atoms with Gasteiger partial charge in [-0.25, -0.2) is 9.78 Å². The van der Waals surface area contributed by atoms with E-state index in [0.29, 0.717) is 10.8 Å². The zero-order valence-electron chi connectivity index (χ0n) is 10.3. The van der Waals surface area contributed by atoms with Crippen LogP contribution in [-0.2, 0) is 0 Å². The molecule has 1 aromatic heterocycles. The molecule has 0 unspecified atom stereocenters. The number of halogens is 2. The molecule has 2 amide bonds. The van der Waals surface area contributed by atoms with Gasteiger partial charge in [-0.1, -0.05) is 39.7 Å². The number of hydrogen-bond donors (Lipinski definition) is 2. The van der Waals surface area contributed by atoms with E-state index >= 15 is 0 Å². The maximum atomic E-state index is 11.6. The summed E-state index contributed by atoms with van der Waals surface area (Å²) in [6.45, 7) is 0. The third kappa shape index (κ3) is 4.68. The molecule has 0 radical (unpaired) electrons. The SMILES string of the molecule is O=C(N/C=C/c1cccc(Br)c1)Nc1ccc(Cl)cn1. The molecule has 0 spiro atoms. The fourth-order valence-electron chi connectivity index (χ4n) is 1.43. The van der Waals surface area contributed by atoms with Gasteiger partial charge >= 0.3 is 6.03 Å². The highest BCUT2D eigenvalue weighted by atomic mass is 79.9. The van der Waals surface area contributed by atoms with Gasteiger partial charge in [0.05, 0.1) is 5.02 Å². The van der Waals surface area contributed by atoms with Crippen LogP contribution in [0.4, 0.5) is 10.6 Å². The number of carbonyl (C=O) groups is 1. The first-order chi connectivity index (χ1) is 9.63. The Kier molecular flexibility index (Phi) is 5.15. The van der Waals surface area contributed by atoms with Gasteiger partial charge < -0.3 is 5.32 Å². The summed E-state index contributed by atoms with van der Waals surface area (Å²) in [5.41, 5.74) is 0.976. The first-order valence-electron chi connectivity index (χ1n) is 5.75. The van der Waals surface area contributed by atoms with Crippen LogP contribution in [0.1, 0.15) is 5.56 Å². The van der Waals surface area contributed by atoms with Crippen molar-refractivity contribution in [3.63, 3.8) is 0 Å². The Morgan fingerprint density at radius 2 is 2.15 bits per heavy atom. The van der Waals surface area contributed by atoms with Gasteiger partial charge in [-0.2, -0.15) is 0 Å². The zero-order valence-corrected chi connectivity index (χ0v) is 12.6. The third-order valence-corrected chi connectivity index (χ3v) is 3.02. The lowest BCUT2D eigenvalue weighted by atomic mass is 10.2. The van der Waals surface area contributed by atoms with Crippen LogP contribution in [0.3, 0.4) is 0 Å². The number of anilines is 1. The summed E-state index contributed by atoms with van der Waals surface area (Å²) in [5, 5.41) is 5.70. The number of benzene rings is 1. The number of nitrogens with zero attached hydrogens (tertiary/aromatic N) is 1. The van der Waals surface area contributed by atoms with E-state index in [1.807, 2.05) is 24.3 Å². The van der Waals surface area contributed by atoms with Crippen LogP contribution in [0.5, 0.6) is 0 Å². The molecule has 4 nitrogen and oxygen atoms in total. The molecule has 0 atom stereocenters. The predicted molar refractivity (Wildman–Crippen MR) is 84.6 cm³/mol. The zero-order chi connectivity index (χ0) is 14.4. The van der Waals surface area contributed by atoms with Crippen molar-refractivity contribution in [3.8, 4) is 0 Å². The van der Waals surface area contributed by atoms with Crippen molar-refractivity contribution in [2.75, 3.05) is 5.32 Å². The number of carbonyl (C=O) groups excluding carboxylic acids is 1. The summed E-state index contributed by atoms with van der Waals surface area (Å²) >= 11 is 9.09. The van der Waals surface area contributed by atoms with Crippen LogP contribution in [0.15, 0.2) is 53.3 Å². The largest absolute Gasteiger partial charge is 0.324 e. The minimum Gasteiger partial charge on any atom is -0.314 e. The highest BCUT2D eigenvalue weighted by molar-refractivity contribution is 9.10. The average Bonchev–Trinajstić information content (AvgIpc) is 2.41. The third-order valence-electron chi connectivity index (χ3n) is 2.31. The van der Waals surface area contributed by atoms with Crippen molar-refractivity contribution in [1.29, 1.82) is 0 Å². The molecule has 2 N–H and O–H groups in total. The van der Waals surface area contributed by atoms with E-state index in [-0.39, 0.29) is 6.03 Å². The van der Waals surface area contributed by atoms with Gasteiger partial charge in [0.15, 0.2) is 0 Å². The number of urea groups is 1. The van der Waals surface area contributed by atoms with Crippen molar-refractivity contribution >= 4 is 45.5 Å². The summed E-state index contributed by atoms with van der Waals surface area (Å²) in [4.78, 5) is 15.6. The molecule has 2 aromatic rings. The molecule has 1 aromatic carbocycles. The van der Waals surface area contributed by atoms with Crippen molar-refractivity contribution in [3.05, 3.63) is 63.9 Å². The summed E-state index contributed by atoms with van der Waals surface area (Å²) in [5.74, 6) is 0.433. The molecule has 0 aliphatic rings. The summed E-state index contributed by atoms with van der Waals surface area (Å²) in [6.07, 6.45) is 4.82. The minimum atomic E-state index is -0.369. The van der Waals surface area contributed by atoms with E-state index in [2.05, 4.69) is 31.5 Å². The molecular weight excluding hydrogens is 342 g/mol. The van der Waals surface area contributed by atoms with Crippen molar-refractivity contribution in [1.82, 2.24) is 10.3 Å². The molecule has 2 rings (SSSR count). The number of aromatic nitrogens is 1. The highest BCUT2D eigenvalue weighted by Gasteiger charge is 1.99. The number of rotatable bonds is 3. The van der Waals surface area contributed by atoms with E-state index < -0.39 is 0 Å². The van der Waals surface area contributed by atoms with Gasteiger partial charge in [-0.3, -0.25) is 5.32 Å². The van der Waals surface area contributed by atoms with Gasteiger partial charge in [0, 0.05) is 16.9 Å². The van der Waals surface area contributed by atoms with Gasteiger partial charge in [-0.15, -0.1) is 0 Å². The summed E-state index contributed by atoms with van der Waals surface area (Å²) in [7, 11) is 0. The first-order valence-corrected chi connectivity index (χ1v) is 6.92. The molecule has 102 valence electrons. The van der Waals surface area contributed by atoms with Crippen LogP contribution >= 0.6 is 27.5 Å². The molecule has 0 aliphatic carbocycles. The summed E-state index contributed by atoms with van der Waals surface area (Å²) < 4.78 is 0.981. The highest BCUT2D eigenvalue weighted by Crippen LogP contribution is 2.12. The monoisotopic (exact) mass is 351 g/mol. The van der Waals surface area contributed by atoms with Gasteiger partial charge in [0.2, 0.25) is 0 Å². The van der Waals surface area contributed by atoms with E-state index in [9.17, 15) is 4.79 Å². The number of amides is 2. The molecular formula is C14H11BrClN3O. The van der Waals surface area contributed by atoms with Crippen molar-refractivity contribution < 1.29 is 4.79 Å². The fourth-order valence-corrected chi connectivity index (χ4v) is 1.95. The topological polar surface area (TPSA) is 54.0 Å². The molecule has 0 bridgehead atoms. The Bertz CT molecular complexity index is 629. The maximum absolute atomic E-state index is 11.6. The first kappa shape index (κ1) is 14.6. The lowest BCUT2D eigenvalue weighted by Gasteiger charge is -2.03. The van der Waals surface area contributed by atoms with Gasteiger partial charge in [0.1, 0.15) is 5.82 Å². The number of pyridine rings is 1. The lowest BCUT2D eigenvalue weighted by Crippen LogP contribution is -2.24. The van der Waals surface area contributed by atoms with Crippen LogP contribution in [-0.4, -0.2) is 11.0 Å². The Morgan fingerprint density at radius 1 is 1.30 bits per heavy atom. The Morgan fingerprint density at radius 3 is 2.85 bits per heavy atom. The smallest absolute Gasteiger partial charge is 0.314 e. The van der Waals surface area contributed by atoms with Crippen LogP contribution in [0.25, 0.3) is 6.08 Å². The molecule has 0 aliphatic heterocycles. The standard InChI is InChI=1S/C14H11BrClN3O/c15-11-3-1-2-10(8-11)6-7-17-14(20)19-13-5-4-12(16)9-18-13/h1-9H,(H2,17,18,19,20)/b7-6+. The number of nitrogens with one attached hydrogen (secondary N) is 2. The second kappa shape index (κ2) is 7.07. The normalized spacial score (nSPS) is 10.5. The van der Waals surface area contributed by atoms with Crippen LogP contribution in [0.2, 0.25) is 5.02 Å². The molecule has 20 heavy (non-hydrogen) atoms.